The summed E-state index contributed by atoms with van der Waals surface area (Å²) >= 11 is 0. The Hall–Kier alpha value is -2.70. The number of carbonyl (C=O) groups is 1. The van der Waals surface area contributed by atoms with E-state index in [1.807, 2.05) is 5.32 Å². The zero-order chi connectivity index (χ0) is 22.7. The summed E-state index contributed by atoms with van der Waals surface area (Å²) in [6, 6.07) is -0.938. The van der Waals surface area contributed by atoms with E-state index in [2.05, 4.69) is 15.3 Å². The van der Waals surface area contributed by atoms with E-state index in [0.717, 1.165) is 0 Å². The van der Waals surface area contributed by atoms with Crippen molar-refractivity contribution in [3.8, 4) is 0 Å². The fourth-order valence-corrected chi connectivity index (χ4v) is 2.86. The number of anilines is 2. The van der Waals surface area contributed by atoms with Crippen molar-refractivity contribution < 1.29 is 27.6 Å². The smallest absolute Gasteiger partial charge is 0.405 e. The second kappa shape index (κ2) is 8.98. The van der Waals surface area contributed by atoms with E-state index in [9.17, 15) is 28.1 Å². The first-order chi connectivity index (χ1) is 13.8. The molecule has 1 aliphatic heterocycles. The lowest BCUT2D eigenvalue weighted by Gasteiger charge is -2.36. The van der Waals surface area contributed by atoms with E-state index < -0.39 is 46.8 Å². The normalized spacial score (nSPS) is 17.6. The summed E-state index contributed by atoms with van der Waals surface area (Å²) in [7, 11) is 0. The molecule has 0 aliphatic carbocycles. The lowest BCUT2D eigenvalue weighted by atomic mass is 10.1. The van der Waals surface area contributed by atoms with Gasteiger partial charge in [0.1, 0.15) is 24.0 Å². The van der Waals surface area contributed by atoms with Gasteiger partial charge in [-0.25, -0.2) is 14.8 Å². The number of ether oxygens (including phenoxy) is 1. The van der Waals surface area contributed by atoms with Gasteiger partial charge in [-0.3, -0.25) is 10.1 Å². The minimum atomic E-state index is -4.60. The van der Waals surface area contributed by atoms with Crippen molar-refractivity contribution in [2.45, 2.75) is 51.9 Å². The highest BCUT2D eigenvalue weighted by Gasteiger charge is 2.39. The topological polar surface area (TPSA) is 123 Å². The first-order valence-electron chi connectivity index (χ1n) is 9.38. The van der Waals surface area contributed by atoms with Crippen molar-refractivity contribution in [1.29, 1.82) is 0 Å². The van der Waals surface area contributed by atoms with Gasteiger partial charge in [0, 0.05) is 26.1 Å². The van der Waals surface area contributed by atoms with Gasteiger partial charge < -0.3 is 20.3 Å². The van der Waals surface area contributed by atoms with Crippen LogP contribution in [0.3, 0.4) is 0 Å². The van der Waals surface area contributed by atoms with Crippen LogP contribution in [-0.2, 0) is 16.0 Å². The van der Waals surface area contributed by atoms with Crippen LogP contribution < -0.4 is 15.5 Å². The molecule has 0 bridgehead atoms. The second-order valence-electron chi connectivity index (χ2n) is 7.69. The molecule has 1 saturated heterocycles. The van der Waals surface area contributed by atoms with Gasteiger partial charge in [0.2, 0.25) is 11.6 Å². The summed E-state index contributed by atoms with van der Waals surface area (Å²) < 4.78 is 43.5. The Morgan fingerprint density at radius 3 is 2.57 bits per heavy atom. The van der Waals surface area contributed by atoms with Crippen molar-refractivity contribution in [3.63, 3.8) is 0 Å². The standard InChI is InChI=1S/C17H25F3N6O4/c1-5-11-23-13(22-9-17(18,19)20)12(26(28)29)14(24-11)25-7-6-21-8-10(25)15(27)30-16(2,3)4/h10,21H,5-9H2,1-4H3,(H,22,23,24). The minimum absolute atomic E-state index is 0.113. The van der Waals surface area contributed by atoms with Crippen molar-refractivity contribution in [1.82, 2.24) is 15.3 Å². The molecule has 30 heavy (non-hydrogen) atoms. The Bertz CT molecular complexity index is 797. The number of aryl methyl sites for hydroxylation is 1. The van der Waals surface area contributed by atoms with Gasteiger partial charge in [-0.2, -0.15) is 13.2 Å². The highest BCUT2D eigenvalue weighted by Crippen LogP contribution is 2.35. The number of aromatic nitrogens is 2. The van der Waals surface area contributed by atoms with Crippen LogP contribution in [0.15, 0.2) is 0 Å². The van der Waals surface area contributed by atoms with Gasteiger partial charge in [-0.05, 0) is 20.8 Å². The number of hydrogen-bond donors (Lipinski definition) is 2. The third-order valence-electron chi connectivity index (χ3n) is 4.06. The molecular formula is C17H25F3N6O4. The number of hydrogen-bond acceptors (Lipinski definition) is 9. The van der Waals surface area contributed by atoms with Crippen LogP contribution in [0.1, 0.15) is 33.5 Å². The van der Waals surface area contributed by atoms with Gasteiger partial charge in [0.15, 0.2) is 0 Å². The Labute approximate surface area is 171 Å². The Morgan fingerprint density at radius 2 is 2.03 bits per heavy atom. The average Bonchev–Trinajstić information content (AvgIpc) is 2.63. The first kappa shape index (κ1) is 23.6. The van der Waals surface area contributed by atoms with Gasteiger partial charge in [-0.1, -0.05) is 6.92 Å². The fourth-order valence-electron chi connectivity index (χ4n) is 2.86. The molecule has 0 amide bonds. The van der Waals surface area contributed by atoms with Crippen molar-refractivity contribution in [2.24, 2.45) is 0 Å². The third-order valence-corrected chi connectivity index (χ3v) is 4.06. The van der Waals surface area contributed by atoms with E-state index in [1.54, 1.807) is 27.7 Å². The lowest BCUT2D eigenvalue weighted by Crippen LogP contribution is -2.57. The number of alkyl halides is 3. The molecule has 2 N–H and O–H groups in total. The summed E-state index contributed by atoms with van der Waals surface area (Å²) in [6.45, 7) is 5.94. The third kappa shape index (κ3) is 6.15. The molecule has 2 rings (SSSR count). The number of rotatable bonds is 6. The second-order valence-corrected chi connectivity index (χ2v) is 7.69. The summed E-state index contributed by atoms with van der Waals surface area (Å²) in [5, 5.41) is 16.8. The van der Waals surface area contributed by atoms with Crippen molar-refractivity contribution in [3.05, 3.63) is 15.9 Å². The highest BCUT2D eigenvalue weighted by molar-refractivity contribution is 5.83. The van der Waals surface area contributed by atoms with Crippen LogP contribution >= 0.6 is 0 Å². The Morgan fingerprint density at radius 1 is 1.37 bits per heavy atom. The molecule has 2 heterocycles. The molecule has 1 fully saturated rings. The minimum Gasteiger partial charge on any atom is -0.458 e. The zero-order valence-corrected chi connectivity index (χ0v) is 17.2. The summed E-state index contributed by atoms with van der Waals surface area (Å²) in [6.07, 6.45) is -4.37. The molecule has 1 unspecified atom stereocenters. The molecule has 0 saturated carbocycles. The van der Waals surface area contributed by atoms with E-state index in [4.69, 9.17) is 4.74 Å². The van der Waals surface area contributed by atoms with E-state index in [0.29, 0.717) is 6.54 Å². The number of nitro groups is 1. The predicted octanol–water partition coefficient (Wildman–Crippen LogP) is 2.04. The van der Waals surface area contributed by atoms with Crippen LogP contribution in [0, 0.1) is 10.1 Å². The Kier molecular flexibility index (Phi) is 7.06. The van der Waals surface area contributed by atoms with E-state index >= 15 is 0 Å². The Balaban J connectivity index is 2.53. The summed E-state index contributed by atoms with van der Waals surface area (Å²) in [5.74, 6) is -1.26. The maximum atomic E-state index is 12.7. The van der Waals surface area contributed by atoms with Gasteiger partial charge in [0.05, 0.1) is 4.92 Å². The highest BCUT2D eigenvalue weighted by atomic mass is 19.4. The molecule has 13 heteroatoms. The monoisotopic (exact) mass is 434 g/mol. The number of piperazine rings is 1. The summed E-state index contributed by atoms with van der Waals surface area (Å²) in [5.41, 5.74) is -1.50. The number of carbonyl (C=O) groups excluding carboxylic acids is 1. The molecular weight excluding hydrogens is 409 g/mol. The van der Waals surface area contributed by atoms with Crippen LogP contribution in [0.4, 0.5) is 30.5 Å². The largest absolute Gasteiger partial charge is 0.458 e. The lowest BCUT2D eigenvalue weighted by molar-refractivity contribution is -0.383. The average molecular weight is 434 g/mol. The van der Waals surface area contributed by atoms with Crippen LogP contribution in [0.5, 0.6) is 0 Å². The number of esters is 1. The number of nitrogens with zero attached hydrogens (tertiary/aromatic N) is 4. The molecule has 168 valence electrons. The fraction of sp³-hybridized carbons (Fsp3) is 0.706. The van der Waals surface area contributed by atoms with E-state index in [-0.39, 0.29) is 31.2 Å². The SMILES string of the molecule is CCc1nc(NCC(F)(F)F)c([N+](=O)[O-])c(N2CCNCC2C(=O)OC(C)(C)C)n1. The zero-order valence-electron chi connectivity index (χ0n) is 17.2. The molecule has 1 aliphatic rings. The molecule has 1 aromatic heterocycles. The van der Waals surface area contributed by atoms with Gasteiger partial charge in [0.25, 0.3) is 0 Å². The summed E-state index contributed by atoms with van der Waals surface area (Å²) in [4.78, 5) is 33.1. The molecule has 0 radical (unpaired) electrons. The van der Waals surface area contributed by atoms with Crippen molar-refractivity contribution in [2.75, 3.05) is 36.4 Å². The maximum Gasteiger partial charge on any atom is 0.405 e. The first-order valence-corrected chi connectivity index (χ1v) is 9.38. The van der Waals surface area contributed by atoms with E-state index in [1.165, 1.54) is 4.90 Å². The number of nitrogens with one attached hydrogen (secondary N) is 2. The molecule has 0 spiro atoms. The van der Waals surface area contributed by atoms with Crippen LogP contribution in [-0.4, -0.2) is 64.9 Å². The molecule has 10 nitrogen and oxygen atoms in total. The van der Waals surface area contributed by atoms with Crippen molar-refractivity contribution >= 4 is 23.3 Å². The van der Waals surface area contributed by atoms with Crippen LogP contribution in [0.2, 0.25) is 0 Å². The maximum absolute atomic E-state index is 12.7. The van der Waals surface area contributed by atoms with Gasteiger partial charge in [-0.15, -0.1) is 0 Å². The molecule has 1 atom stereocenters. The predicted molar refractivity (Wildman–Crippen MR) is 102 cm³/mol. The number of halogens is 3. The molecule has 0 aromatic carbocycles. The van der Waals surface area contributed by atoms with Crippen LogP contribution in [0.25, 0.3) is 0 Å². The van der Waals surface area contributed by atoms with Gasteiger partial charge >= 0.3 is 17.8 Å². The quantitative estimate of drug-likeness (QED) is 0.393. The molecule has 1 aromatic rings.